The minimum Gasteiger partial charge on any atom is -0.493 e. The first-order valence-corrected chi connectivity index (χ1v) is 10.4. The van der Waals surface area contributed by atoms with E-state index in [1.807, 2.05) is 38.1 Å². The summed E-state index contributed by atoms with van der Waals surface area (Å²) in [5.41, 5.74) is 3.57. The minimum absolute atomic E-state index is 0.138. The number of hydrogen-bond donors (Lipinski definition) is 1. The first-order chi connectivity index (χ1) is 14.3. The molecule has 0 aliphatic carbocycles. The maximum absolute atomic E-state index is 12.8. The van der Waals surface area contributed by atoms with E-state index in [1.165, 1.54) is 16.7 Å². The van der Waals surface area contributed by atoms with E-state index in [0.717, 1.165) is 22.4 Å². The molecule has 1 saturated heterocycles. The third-order valence-electron chi connectivity index (χ3n) is 4.76. The van der Waals surface area contributed by atoms with Crippen molar-refractivity contribution in [1.82, 2.24) is 4.90 Å². The number of hydrogen-bond acceptors (Lipinski definition) is 6. The van der Waals surface area contributed by atoms with Gasteiger partial charge in [-0.2, -0.15) is 0 Å². The molecule has 30 heavy (non-hydrogen) atoms. The van der Waals surface area contributed by atoms with Gasteiger partial charge in [0.15, 0.2) is 11.5 Å². The molecule has 6 nitrogen and oxygen atoms in total. The summed E-state index contributed by atoms with van der Waals surface area (Å²) < 4.78 is 10.9. The van der Waals surface area contributed by atoms with Crippen LogP contribution in [-0.2, 0) is 9.59 Å². The Morgan fingerprint density at radius 2 is 1.90 bits per heavy atom. The zero-order valence-electron chi connectivity index (χ0n) is 17.1. The van der Waals surface area contributed by atoms with Crippen LogP contribution >= 0.6 is 24.0 Å². The van der Waals surface area contributed by atoms with Gasteiger partial charge < -0.3 is 14.8 Å². The van der Waals surface area contributed by atoms with E-state index in [9.17, 15) is 9.59 Å². The normalized spacial score (nSPS) is 14.9. The van der Waals surface area contributed by atoms with E-state index >= 15 is 0 Å². The molecule has 0 atom stereocenters. The van der Waals surface area contributed by atoms with Gasteiger partial charge in [-0.15, -0.1) is 0 Å². The lowest BCUT2D eigenvalue weighted by atomic mass is 10.1. The van der Waals surface area contributed by atoms with Gasteiger partial charge in [0.05, 0.1) is 19.1 Å². The Morgan fingerprint density at radius 1 is 1.17 bits per heavy atom. The number of carbonyl (C=O) groups excluding carboxylic acids is 2. The number of nitrogens with one attached hydrogen (secondary N) is 1. The largest absolute Gasteiger partial charge is 0.493 e. The predicted octanol–water partition coefficient (Wildman–Crippen LogP) is 4.16. The third-order valence-corrected chi connectivity index (χ3v) is 6.14. The average Bonchev–Trinajstić information content (AvgIpc) is 2.98. The van der Waals surface area contributed by atoms with Crippen LogP contribution < -0.4 is 14.8 Å². The number of thiocarbonyl (C=S) groups is 1. The zero-order valence-corrected chi connectivity index (χ0v) is 18.8. The molecule has 156 valence electrons. The number of rotatable bonds is 6. The fourth-order valence-electron chi connectivity index (χ4n) is 2.95. The summed E-state index contributed by atoms with van der Waals surface area (Å²) in [4.78, 5) is 27.1. The second-order valence-corrected chi connectivity index (χ2v) is 8.35. The molecular weight excluding hydrogens is 420 g/mol. The molecule has 1 heterocycles. The molecular formula is C22H22N2O4S2. The Bertz CT molecular complexity index is 1050. The average molecular weight is 443 g/mol. The lowest BCUT2D eigenvalue weighted by Gasteiger charge is -2.15. The predicted molar refractivity (Wildman–Crippen MR) is 124 cm³/mol. The summed E-state index contributed by atoms with van der Waals surface area (Å²) in [6, 6.07) is 11.1. The first-order valence-electron chi connectivity index (χ1n) is 9.17. The molecule has 1 aliphatic heterocycles. The second kappa shape index (κ2) is 9.32. The molecule has 0 unspecified atom stereocenters. The van der Waals surface area contributed by atoms with Gasteiger partial charge in [-0.3, -0.25) is 14.5 Å². The van der Waals surface area contributed by atoms with E-state index in [0.29, 0.717) is 20.7 Å². The van der Waals surface area contributed by atoms with Crippen molar-refractivity contribution in [3.8, 4) is 11.5 Å². The van der Waals surface area contributed by atoms with E-state index in [4.69, 9.17) is 21.7 Å². The Labute approximate surface area is 185 Å². The van der Waals surface area contributed by atoms with E-state index < -0.39 is 0 Å². The number of carbonyl (C=O) groups is 2. The quantitative estimate of drug-likeness (QED) is 0.535. The summed E-state index contributed by atoms with van der Waals surface area (Å²) in [5.74, 6) is 0.572. The van der Waals surface area contributed by atoms with Crippen molar-refractivity contribution in [2.75, 3.05) is 26.1 Å². The number of amides is 2. The molecule has 1 aliphatic rings. The van der Waals surface area contributed by atoms with Gasteiger partial charge in [-0.05, 0) is 54.8 Å². The van der Waals surface area contributed by atoms with Gasteiger partial charge >= 0.3 is 0 Å². The van der Waals surface area contributed by atoms with Crippen molar-refractivity contribution in [3.63, 3.8) is 0 Å². The molecule has 2 amide bonds. The van der Waals surface area contributed by atoms with Crippen LogP contribution in [0.25, 0.3) is 6.08 Å². The molecule has 0 saturated carbocycles. The van der Waals surface area contributed by atoms with Gasteiger partial charge in [0.25, 0.3) is 5.91 Å². The summed E-state index contributed by atoms with van der Waals surface area (Å²) in [5, 5.41) is 2.86. The van der Waals surface area contributed by atoms with Crippen LogP contribution in [0.15, 0.2) is 41.3 Å². The number of methoxy groups -OCH3 is 2. The highest BCUT2D eigenvalue weighted by atomic mass is 32.2. The van der Waals surface area contributed by atoms with Crippen LogP contribution in [0.1, 0.15) is 16.7 Å². The van der Waals surface area contributed by atoms with Gasteiger partial charge in [-0.25, -0.2) is 0 Å². The van der Waals surface area contributed by atoms with Crippen LogP contribution in [0.3, 0.4) is 0 Å². The van der Waals surface area contributed by atoms with Gasteiger partial charge in [0, 0.05) is 5.69 Å². The maximum atomic E-state index is 12.8. The molecule has 1 fully saturated rings. The molecule has 0 aromatic heterocycles. The Hall–Kier alpha value is -2.84. The first kappa shape index (κ1) is 21.9. The second-order valence-electron chi connectivity index (χ2n) is 6.68. The lowest BCUT2D eigenvalue weighted by Crippen LogP contribution is -2.36. The van der Waals surface area contributed by atoms with E-state index in [1.54, 1.807) is 32.4 Å². The Morgan fingerprint density at radius 3 is 2.60 bits per heavy atom. The van der Waals surface area contributed by atoms with Crippen molar-refractivity contribution < 1.29 is 19.1 Å². The Balaban J connectivity index is 1.74. The van der Waals surface area contributed by atoms with E-state index in [2.05, 4.69) is 5.32 Å². The smallest absolute Gasteiger partial charge is 0.266 e. The molecule has 8 heteroatoms. The highest BCUT2D eigenvalue weighted by Gasteiger charge is 2.33. The van der Waals surface area contributed by atoms with Crippen LogP contribution in [0.4, 0.5) is 5.69 Å². The number of thioether (sulfide) groups is 1. The third kappa shape index (κ3) is 4.66. The van der Waals surface area contributed by atoms with Crippen LogP contribution in [-0.4, -0.2) is 41.8 Å². The van der Waals surface area contributed by atoms with Crippen molar-refractivity contribution in [2.24, 2.45) is 0 Å². The van der Waals surface area contributed by atoms with Crippen molar-refractivity contribution >= 4 is 51.9 Å². The summed E-state index contributed by atoms with van der Waals surface area (Å²) >= 11 is 6.50. The zero-order chi connectivity index (χ0) is 21.8. The highest BCUT2D eigenvalue weighted by molar-refractivity contribution is 8.26. The fourth-order valence-corrected chi connectivity index (χ4v) is 4.21. The van der Waals surface area contributed by atoms with Crippen molar-refractivity contribution in [3.05, 3.63) is 58.0 Å². The summed E-state index contributed by atoms with van der Waals surface area (Å²) in [7, 11) is 3.11. The topological polar surface area (TPSA) is 67.9 Å². The van der Waals surface area contributed by atoms with Crippen LogP contribution in [0, 0.1) is 13.8 Å². The summed E-state index contributed by atoms with van der Waals surface area (Å²) in [6.45, 7) is 3.78. The highest BCUT2D eigenvalue weighted by Crippen LogP contribution is 2.34. The fraction of sp³-hybridized carbons (Fsp3) is 0.227. The van der Waals surface area contributed by atoms with Crippen LogP contribution in [0.5, 0.6) is 11.5 Å². The number of ether oxygens (including phenoxy) is 2. The van der Waals surface area contributed by atoms with Crippen molar-refractivity contribution in [1.29, 1.82) is 0 Å². The molecule has 1 N–H and O–H groups in total. The standard InChI is InChI=1S/C22H22N2O4S2/c1-13-6-5-7-16(14(13)2)23-20(25)12-24-21(26)19(30-22(24)29)11-15-8-9-17(27-3)18(10-15)28-4/h5-11H,12H2,1-4H3,(H,23,25)/b19-11-. The SMILES string of the molecule is COc1ccc(/C=C2\SC(=S)N(CC(=O)Nc3cccc(C)c3C)C2=O)cc1OC. The van der Waals surface area contributed by atoms with E-state index in [-0.39, 0.29) is 18.4 Å². The lowest BCUT2D eigenvalue weighted by molar-refractivity contribution is -0.126. The molecule has 0 bridgehead atoms. The molecule has 3 rings (SSSR count). The number of anilines is 1. The molecule has 0 radical (unpaired) electrons. The van der Waals surface area contributed by atoms with Gasteiger partial charge in [0.1, 0.15) is 10.9 Å². The number of aryl methyl sites for hydroxylation is 1. The number of benzene rings is 2. The monoisotopic (exact) mass is 442 g/mol. The summed E-state index contributed by atoms with van der Waals surface area (Å²) in [6.07, 6.45) is 1.73. The molecule has 2 aromatic carbocycles. The van der Waals surface area contributed by atoms with Crippen molar-refractivity contribution in [2.45, 2.75) is 13.8 Å². The van der Waals surface area contributed by atoms with Crippen LogP contribution in [0.2, 0.25) is 0 Å². The van der Waals surface area contributed by atoms with Gasteiger partial charge in [0.2, 0.25) is 5.91 Å². The van der Waals surface area contributed by atoms with Gasteiger partial charge in [-0.1, -0.05) is 42.2 Å². The Kier molecular flexibility index (Phi) is 6.79. The molecule has 0 spiro atoms. The molecule has 2 aromatic rings. The minimum atomic E-state index is -0.299. The number of nitrogens with zero attached hydrogens (tertiary/aromatic N) is 1. The maximum Gasteiger partial charge on any atom is 0.266 e.